The second-order valence-corrected chi connectivity index (χ2v) is 9.48. The van der Waals surface area contributed by atoms with Gasteiger partial charge in [0.2, 0.25) is 0 Å². The first-order chi connectivity index (χ1) is 10.7. The van der Waals surface area contributed by atoms with Crippen molar-refractivity contribution >= 4 is 19.3 Å². The highest BCUT2D eigenvalue weighted by Crippen LogP contribution is 2.30. The molecule has 2 aromatic carbocycles. The summed E-state index contributed by atoms with van der Waals surface area (Å²) < 4.78 is 12.8. The van der Waals surface area contributed by atoms with Gasteiger partial charge in [-0.1, -0.05) is 70.0 Å². The first-order valence-corrected chi connectivity index (χ1v) is 10.8. The van der Waals surface area contributed by atoms with Crippen LogP contribution in [0.4, 0.5) is 0 Å². The zero-order valence-corrected chi connectivity index (χ0v) is 15.1. The Balaban J connectivity index is 2.18. The van der Waals surface area contributed by atoms with E-state index < -0.39 is 8.56 Å². The van der Waals surface area contributed by atoms with Gasteiger partial charge in [-0.15, -0.1) is 0 Å². The fourth-order valence-electron chi connectivity index (χ4n) is 2.72. The molecule has 0 aliphatic rings. The number of hydrogen-bond acceptors (Lipinski definition) is 2. The van der Waals surface area contributed by atoms with Gasteiger partial charge in [0.15, 0.2) is 0 Å². The Bertz CT molecular complexity index is 573. The molecule has 120 valence electrons. The average Bonchev–Trinajstić information content (AvgIpc) is 2.58. The van der Waals surface area contributed by atoms with Crippen LogP contribution in [-0.2, 0) is 4.43 Å². The molecule has 0 bridgehead atoms. The number of fused-ring (bicyclic) bond motifs is 1. The van der Waals surface area contributed by atoms with Gasteiger partial charge in [0, 0.05) is 12.0 Å². The van der Waals surface area contributed by atoms with E-state index in [1.807, 2.05) is 0 Å². The molecular formula is C19H28O2Si. The minimum Gasteiger partial charge on any atom is -0.520 e. The molecule has 0 saturated heterocycles. The Labute approximate surface area is 135 Å². The number of hydrogen-bond donors (Lipinski definition) is 0. The van der Waals surface area contributed by atoms with Crippen LogP contribution in [0.5, 0.6) is 5.75 Å². The molecule has 3 heteroatoms. The maximum atomic E-state index is 6.51. The zero-order valence-electron chi connectivity index (χ0n) is 14.1. The monoisotopic (exact) mass is 316 g/mol. The fraction of sp³-hybridized carbons (Fsp3) is 0.474. The van der Waals surface area contributed by atoms with Gasteiger partial charge in [-0.05, 0) is 30.0 Å². The Morgan fingerprint density at radius 1 is 0.864 bits per heavy atom. The van der Waals surface area contributed by atoms with E-state index in [-0.39, 0.29) is 0 Å². The summed E-state index contributed by atoms with van der Waals surface area (Å²) in [6, 6.07) is 16.6. The molecule has 0 amide bonds. The van der Waals surface area contributed by atoms with E-state index in [1.165, 1.54) is 23.6 Å². The Morgan fingerprint density at radius 3 is 2.32 bits per heavy atom. The summed E-state index contributed by atoms with van der Waals surface area (Å²) >= 11 is 0. The van der Waals surface area contributed by atoms with E-state index in [1.54, 1.807) is 0 Å². The molecule has 2 nitrogen and oxygen atoms in total. The largest absolute Gasteiger partial charge is 0.520 e. The van der Waals surface area contributed by atoms with Gasteiger partial charge in [-0.25, -0.2) is 0 Å². The van der Waals surface area contributed by atoms with Gasteiger partial charge in [0.1, 0.15) is 5.75 Å². The van der Waals surface area contributed by atoms with Crippen LogP contribution in [0, 0.1) is 0 Å². The van der Waals surface area contributed by atoms with Crippen molar-refractivity contribution in [1.29, 1.82) is 0 Å². The second kappa shape index (κ2) is 8.35. The Morgan fingerprint density at radius 2 is 1.59 bits per heavy atom. The Kier molecular flexibility index (Phi) is 6.46. The van der Waals surface area contributed by atoms with Crippen LogP contribution in [0.2, 0.25) is 12.1 Å². The van der Waals surface area contributed by atoms with Gasteiger partial charge < -0.3 is 8.85 Å². The van der Waals surface area contributed by atoms with E-state index in [9.17, 15) is 0 Å². The summed E-state index contributed by atoms with van der Waals surface area (Å²) in [5, 5.41) is 2.40. The first kappa shape index (κ1) is 17.0. The molecule has 0 unspecified atom stereocenters. The van der Waals surface area contributed by atoms with Crippen LogP contribution in [0.3, 0.4) is 0 Å². The summed E-state index contributed by atoms with van der Waals surface area (Å²) in [5.74, 6) is 0.976. The van der Waals surface area contributed by atoms with Crippen molar-refractivity contribution < 1.29 is 8.85 Å². The van der Waals surface area contributed by atoms with Gasteiger partial charge in [0.05, 0.1) is 0 Å². The summed E-state index contributed by atoms with van der Waals surface area (Å²) in [5.41, 5.74) is 0. The smallest absolute Gasteiger partial charge is 0.398 e. The van der Waals surface area contributed by atoms with Crippen molar-refractivity contribution in [3.8, 4) is 5.75 Å². The molecule has 2 rings (SSSR count). The summed E-state index contributed by atoms with van der Waals surface area (Å²) in [6.45, 7) is 7.44. The van der Waals surface area contributed by atoms with Crippen molar-refractivity contribution in [3.63, 3.8) is 0 Å². The van der Waals surface area contributed by atoms with E-state index in [2.05, 4.69) is 63.2 Å². The summed E-state index contributed by atoms with van der Waals surface area (Å²) in [7, 11) is -2.15. The molecule has 0 aliphatic carbocycles. The molecule has 0 heterocycles. The van der Waals surface area contributed by atoms with Gasteiger partial charge in [0.25, 0.3) is 0 Å². The van der Waals surface area contributed by atoms with Crippen LogP contribution >= 0.6 is 0 Å². The summed E-state index contributed by atoms with van der Waals surface area (Å²) in [6.07, 6.45) is 3.58. The maximum absolute atomic E-state index is 6.51. The van der Waals surface area contributed by atoms with Gasteiger partial charge in [-0.2, -0.15) is 0 Å². The molecule has 0 spiro atoms. The third-order valence-corrected chi connectivity index (χ3v) is 7.71. The number of benzene rings is 2. The van der Waals surface area contributed by atoms with Crippen molar-refractivity contribution in [1.82, 2.24) is 0 Å². The van der Waals surface area contributed by atoms with Gasteiger partial charge in [-0.3, -0.25) is 0 Å². The number of unbranched alkanes of at least 4 members (excludes halogenated alkanes) is 2. The lowest BCUT2D eigenvalue weighted by Crippen LogP contribution is -2.44. The first-order valence-electron chi connectivity index (χ1n) is 8.55. The molecule has 0 N–H and O–H groups in total. The van der Waals surface area contributed by atoms with Crippen LogP contribution in [0.1, 0.15) is 40.0 Å². The minimum atomic E-state index is -2.15. The molecule has 0 fully saturated rings. The molecule has 0 aliphatic heterocycles. The standard InChI is InChI=1S/C19H28O2Si/c1-4-7-10-16-20-22(5-2,6-3)21-19-15-11-13-17-12-8-9-14-18(17)19/h8-9,11-15H,4-7,10,16H2,1-3H3. The van der Waals surface area contributed by atoms with Crippen LogP contribution in [0.25, 0.3) is 10.8 Å². The molecule has 2 aromatic rings. The summed E-state index contributed by atoms with van der Waals surface area (Å²) in [4.78, 5) is 0. The highest BCUT2D eigenvalue weighted by atomic mass is 28.4. The lowest BCUT2D eigenvalue weighted by Gasteiger charge is -2.30. The average molecular weight is 317 g/mol. The van der Waals surface area contributed by atoms with E-state index in [0.717, 1.165) is 30.9 Å². The molecule has 0 radical (unpaired) electrons. The fourth-order valence-corrected chi connectivity index (χ4v) is 5.07. The van der Waals surface area contributed by atoms with Gasteiger partial charge >= 0.3 is 8.56 Å². The molecule has 0 saturated carbocycles. The van der Waals surface area contributed by atoms with E-state index >= 15 is 0 Å². The topological polar surface area (TPSA) is 18.5 Å². The number of rotatable bonds is 9. The normalized spacial score (nSPS) is 11.8. The van der Waals surface area contributed by atoms with Crippen molar-refractivity contribution in [2.75, 3.05) is 6.61 Å². The third kappa shape index (κ3) is 4.11. The van der Waals surface area contributed by atoms with E-state index in [0.29, 0.717) is 0 Å². The third-order valence-electron chi connectivity index (χ3n) is 4.24. The second-order valence-electron chi connectivity index (χ2n) is 5.75. The molecule has 22 heavy (non-hydrogen) atoms. The predicted octanol–water partition coefficient (Wildman–Crippen LogP) is 5.91. The highest BCUT2D eigenvalue weighted by Gasteiger charge is 2.36. The van der Waals surface area contributed by atoms with Crippen LogP contribution in [0.15, 0.2) is 42.5 Å². The quantitative estimate of drug-likeness (QED) is 0.423. The highest BCUT2D eigenvalue weighted by molar-refractivity contribution is 6.68. The van der Waals surface area contributed by atoms with E-state index in [4.69, 9.17) is 8.85 Å². The molecular weight excluding hydrogens is 288 g/mol. The van der Waals surface area contributed by atoms with Crippen molar-refractivity contribution in [3.05, 3.63) is 42.5 Å². The predicted molar refractivity (Wildman–Crippen MR) is 96.8 cm³/mol. The molecule has 0 atom stereocenters. The zero-order chi connectivity index (χ0) is 15.8. The van der Waals surface area contributed by atoms with Crippen molar-refractivity contribution in [2.24, 2.45) is 0 Å². The Hall–Kier alpha value is -1.32. The lowest BCUT2D eigenvalue weighted by molar-refractivity contribution is 0.232. The van der Waals surface area contributed by atoms with Crippen molar-refractivity contribution in [2.45, 2.75) is 52.1 Å². The maximum Gasteiger partial charge on any atom is 0.398 e. The minimum absolute atomic E-state index is 0.826. The SMILES string of the molecule is CCCCCO[Si](CC)(CC)Oc1cccc2ccccc12. The molecule has 0 aromatic heterocycles. The lowest BCUT2D eigenvalue weighted by atomic mass is 10.1. The van der Waals surface area contributed by atoms with Crippen LogP contribution in [-0.4, -0.2) is 15.2 Å². The van der Waals surface area contributed by atoms with Crippen LogP contribution < -0.4 is 4.43 Å².